The third kappa shape index (κ3) is 8.35. The minimum atomic E-state index is -5.42. The largest absolute Gasteiger partial charge is 0.447 e. The van der Waals surface area contributed by atoms with E-state index in [1.807, 2.05) is 0 Å². The molecule has 0 spiro atoms. The highest BCUT2D eigenvalue weighted by Gasteiger charge is 2.45. The molecule has 0 saturated carbocycles. The molecule has 1 heterocycles. The van der Waals surface area contributed by atoms with E-state index in [0.29, 0.717) is 0 Å². The summed E-state index contributed by atoms with van der Waals surface area (Å²) in [4.78, 5) is -3.53. The van der Waals surface area contributed by atoms with Crippen LogP contribution in [0.5, 0.6) is 0 Å². The lowest BCUT2D eigenvalue weighted by Gasteiger charge is -2.12. The van der Waals surface area contributed by atoms with E-state index < -0.39 is 104 Å². The van der Waals surface area contributed by atoms with E-state index in [9.17, 15) is 52.7 Å². The summed E-state index contributed by atoms with van der Waals surface area (Å²) in [5.74, 6) is 0. The molecule has 156 valence electrons. The number of alkyl halides is 12. The predicted octanol–water partition coefficient (Wildman–Crippen LogP) is 7.91. The molecule has 1 aromatic rings. The average molecular weight is 512 g/mol. The minimum Gasteiger partial charge on any atom is -0.223 e. The molecular weight excluding hydrogens is 512 g/mol. The Hall–Kier alpha value is -0.230. The average Bonchev–Trinajstić information content (AvgIpc) is 2.57. The van der Waals surface area contributed by atoms with Gasteiger partial charge in [-0.15, -0.1) is 0 Å². The molecule has 0 N–H and O–H groups in total. The minimum absolute atomic E-state index is 0.390. The van der Waals surface area contributed by atoms with Crippen LogP contribution in [0.1, 0.15) is 0 Å². The molecule has 0 atom stereocenters. The zero-order valence-corrected chi connectivity index (χ0v) is 15.6. The maximum atomic E-state index is 12.6. The number of hydrogen-bond donors (Lipinski definition) is 0. The third-order valence-corrected chi connectivity index (χ3v) is 6.34. The van der Waals surface area contributed by atoms with Gasteiger partial charge < -0.3 is 0 Å². The summed E-state index contributed by atoms with van der Waals surface area (Å²) in [6.45, 7) is 0. The van der Waals surface area contributed by atoms with Crippen molar-refractivity contribution >= 4 is 58.6 Å². The molecule has 27 heavy (non-hydrogen) atoms. The Morgan fingerprint density at radius 2 is 0.778 bits per heavy atom. The van der Waals surface area contributed by atoms with Gasteiger partial charge in [-0.2, -0.15) is 57.3 Å². The lowest BCUT2D eigenvalue weighted by Crippen LogP contribution is -2.04. The van der Waals surface area contributed by atoms with Gasteiger partial charge in [0.2, 0.25) is 0 Å². The van der Waals surface area contributed by atoms with Gasteiger partial charge in [-0.25, -0.2) is 3.97 Å². The van der Waals surface area contributed by atoms with Crippen LogP contribution in [-0.2, 0) is 0 Å². The number of aromatic nitrogens is 1. The Bertz CT molecular complexity index is 668. The number of thioether (sulfide) groups is 4. The predicted molar refractivity (Wildman–Crippen MR) is 76.8 cm³/mol. The van der Waals surface area contributed by atoms with E-state index in [2.05, 4.69) is 0 Å². The standard InChI is InChI=1S/C8F12N2S5/c9-5(10,11)23-1-2(24-6(12,13)14)4(26-8(18,19)20)22(27-21)3(1)25-7(15,16)17. The van der Waals surface area contributed by atoms with Gasteiger partial charge in [0.15, 0.2) is 11.6 Å². The zero-order valence-electron chi connectivity index (χ0n) is 11.5. The second-order valence-electron chi connectivity index (χ2n) is 3.84. The Balaban J connectivity index is 3.82. The van der Waals surface area contributed by atoms with E-state index in [-0.39, 0.29) is 0 Å². The van der Waals surface area contributed by atoms with Crippen LogP contribution in [0.15, 0.2) is 19.8 Å². The van der Waals surface area contributed by atoms with Crippen molar-refractivity contribution in [3.8, 4) is 0 Å². The van der Waals surface area contributed by atoms with Crippen LogP contribution < -0.4 is 0 Å². The molecule has 0 aliphatic rings. The van der Waals surface area contributed by atoms with Gasteiger partial charge in [0, 0.05) is 23.5 Å². The maximum absolute atomic E-state index is 12.6. The number of rotatable bonds is 4. The Morgan fingerprint density at radius 3 is 0.963 bits per heavy atom. The summed E-state index contributed by atoms with van der Waals surface area (Å²) in [6.07, 6.45) is 0. The number of nitrogens with zero attached hydrogens (tertiary/aromatic N) is 2. The first kappa shape index (κ1) is 24.8. The van der Waals surface area contributed by atoms with Gasteiger partial charge in [0.1, 0.15) is 10.1 Å². The molecule has 0 aromatic carbocycles. The molecule has 0 aliphatic heterocycles. The van der Waals surface area contributed by atoms with Crippen LogP contribution in [0.4, 0.5) is 52.7 Å². The lowest BCUT2D eigenvalue weighted by molar-refractivity contribution is -0.0354. The molecule has 19 heteroatoms. The van der Waals surface area contributed by atoms with E-state index in [0.717, 1.165) is 0 Å². The second kappa shape index (κ2) is 8.25. The van der Waals surface area contributed by atoms with Crippen molar-refractivity contribution in [1.82, 2.24) is 3.97 Å². The van der Waals surface area contributed by atoms with Crippen molar-refractivity contribution in [3.63, 3.8) is 0 Å². The fourth-order valence-electron chi connectivity index (χ4n) is 1.35. The summed E-state index contributed by atoms with van der Waals surface area (Å²) >= 11 is -6.60. The van der Waals surface area contributed by atoms with Gasteiger partial charge in [0.05, 0.1) is 9.79 Å². The van der Waals surface area contributed by atoms with Crippen molar-refractivity contribution in [2.45, 2.75) is 41.9 Å². The third-order valence-electron chi connectivity index (χ3n) is 1.91. The highest BCUT2D eigenvalue weighted by molar-refractivity contribution is 8.06. The molecule has 0 amide bonds. The first-order valence-electron chi connectivity index (χ1n) is 5.46. The lowest BCUT2D eigenvalue weighted by atomic mass is 10.6. The van der Waals surface area contributed by atoms with E-state index >= 15 is 0 Å². The second-order valence-corrected chi connectivity index (χ2v) is 8.62. The molecule has 2 nitrogen and oxygen atoms in total. The number of hydrogen-bond acceptors (Lipinski definition) is 5. The van der Waals surface area contributed by atoms with Crippen LogP contribution in [0.25, 0.3) is 0 Å². The first-order valence-corrected chi connectivity index (χ1v) is 9.46. The molecule has 1 aromatic heterocycles. The normalized spacial score (nSPS) is 13.9. The monoisotopic (exact) mass is 512 g/mol. The smallest absolute Gasteiger partial charge is 0.223 e. The van der Waals surface area contributed by atoms with Crippen LogP contribution in [0, 0.1) is 4.61 Å². The highest BCUT2D eigenvalue weighted by atomic mass is 32.2. The van der Waals surface area contributed by atoms with Crippen LogP contribution in [0.2, 0.25) is 0 Å². The quantitative estimate of drug-likeness (QED) is 0.302. The van der Waals surface area contributed by atoms with Gasteiger partial charge in [-0.05, 0) is 23.5 Å². The van der Waals surface area contributed by atoms with Crippen LogP contribution >= 0.6 is 58.6 Å². The van der Waals surface area contributed by atoms with Gasteiger partial charge in [-0.1, -0.05) is 0 Å². The van der Waals surface area contributed by atoms with Gasteiger partial charge >= 0.3 is 22.0 Å². The molecule has 0 aliphatic carbocycles. The molecular formula is C8F12N2S5. The fourth-order valence-corrected chi connectivity index (χ4v) is 5.53. The summed E-state index contributed by atoms with van der Waals surface area (Å²) < 4.78 is 160. The van der Waals surface area contributed by atoms with Crippen molar-refractivity contribution in [3.05, 3.63) is 0 Å². The van der Waals surface area contributed by atoms with Crippen molar-refractivity contribution in [1.29, 1.82) is 4.61 Å². The molecule has 0 fully saturated rings. The highest BCUT2D eigenvalue weighted by Crippen LogP contribution is 2.58. The van der Waals surface area contributed by atoms with Crippen LogP contribution in [0.3, 0.4) is 0 Å². The Labute approximate surface area is 161 Å². The molecule has 0 unspecified atom stereocenters. The SMILES string of the molecule is N#Sn1c(SC(F)(F)F)c(SC(F)(F)F)c(SC(F)(F)F)c1SC(F)(F)F. The Kier molecular flexibility index (Phi) is 7.58. The molecule has 0 saturated heterocycles. The zero-order chi connectivity index (χ0) is 21.4. The van der Waals surface area contributed by atoms with E-state index in [1.165, 1.54) is 0 Å². The van der Waals surface area contributed by atoms with Crippen molar-refractivity contribution in [2.75, 3.05) is 0 Å². The van der Waals surface area contributed by atoms with Crippen LogP contribution in [-0.4, -0.2) is 26.0 Å². The topological polar surface area (TPSA) is 28.7 Å². The van der Waals surface area contributed by atoms with Crippen molar-refractivity contribution < 1.29 is 52.7 Å². The first-order chi connectivity index (χ1) is 11.8. The summed E-state index contributed by atoms with van der Waals surface area (Å²) in [5.41, 5.74) is -21.6. The maximum Gasteiger partial charge on any atom is 0.447 e. The van der Waals surface area contributed by atoms with Gasteiger partial charge in [-0.3, -0.25) is 0 Å². The van der Waals surface area contributed by atoms with E-state index in [4.69, 9.17) is 4.61 Å². The summed E-state index contributed by atoms with van der Waals surface area (Å²) in [6, 6.07) is 0. The Morgan fingerprint density at radius 1 is 0.519 bits per heavy atom. The summed E-state index contributed by atoms with van der Waals surface area (Å²) in [7, 11) is 0. The number of halogens is 12. The molecule has 1 rings (SSSR count). The van der Waals surface area contributed by atoms with E-state index in [1.54, 1.807) is 0 Å². The van der Waals surface area contributed by atoms with Gasteiger partial charge in [0.25, 0.3) is 0 Å². The molecule has 0 radical (unpaired) electrons. The van der Waals surface area contributed by atoms with Crippen molar-refractivity contribution in [2.24, 2.45) is 0 Å². The fraction of sp³-hybridized carbons (Fsp3) is 0.500. The summed E-state index contributed by atoms with van der Waals surface area (Å²) in [5, 5.41) is -3.37. The molecule has 0 bridgehead atoms.